The Morgan fingerprint density at radius 2 is 2.21 bits per heavy atom. The van der Waals surface area contributed by atoms with Crippen molar-refractivity contribution >= 4 is 15.8 Å². The van der Waals surface area contributed by atoms with Crippen LogP contribution in [0.4, 0.5) is 5.82 Å². The molecule has 0 aliphatic rings. The number of aromatic nitrogens is 3. The molecule has 0 spiro atoms. The second kappa shape index (κ2) is 5.51. The van der Waals surface area contributed by atoms with E-state index in [1.54, 1.807) is 12.1 Å². The topological polar surface area (TPSA) is 108 Å². The van der Waals surface area contributed by atoms with E-state index in [1.165, 1.54) is 18.3 Å². The maximum atomic E-state index is 11.9. The molecular weight excluding hydrogens is 268 g/mol. The fraction of sp³-hybridized carbons (Fsp3) is 0.0909. The predicted molar refractivity (Wildman–Crippen MR) is 67.6 cm³/mol. The van der Waals surface area contributed by atoms with Crippen molar-refractivity contribution in [1.82, 2.24) is 15.2 Å². The van der Waals surface area contributed by atoms with E-state index in [9.17, 15) is 8.42 Å². The third-order valence-electron chi connectivity index (χ3n) is 2.05. The number of hydrogen-bond donors (Lipinski definition) is 3. The number of hydrogen-bond acceptors (Lipinski definition) is 5. The minimum atomic E-state index is -3.74. The summed E-state index contributed by atoms with van der Waals surface area (Å²) in [6, 6.07) is 6.05. The Morgan fingerprint density at radius 3 is 2.89 bits per heavy atom. The van der Waals surface area contributed by atoms with E-state index in [1.807, 2.05) is 0 Å². The van der Waals surface area contributed by atoms with Gasteiger partial charge in [0.05, 0.1) is 6.20 Å². The van der Waals surface area contributed by atoms with Gasteiger partial charge >= 0.3 is 0 Å². The van der Waals surface area contributed by atoms with Gasteiger partial charge in [-0.25, -0.2) is 4.98 Å². The number of nitrogens with zero attached hydrogens (tertiary/aromatic N) is 2. The zero-order valence-electron chi connectivity index (χ0n) is 9.66. The van der Waals surface area contributed by atoms with Crippen molar-refractivity contribution in [2.24, 2.45) is 0 Å². The van der Waals surface area contributed by atoms with Crippen molar-refractivity contribution in [2.45, 2.75) is 5.03 Å². The molecule has 0 aliphatic carbocycles. The number of pyridine rings is 1. The number of H-pyrrole nitrogens is 1. The highest BCUT2D eigenvalue weighted by atomic mass is 32.2. The van der Waals surface area contributed by atoms with Gasteiger partial charge in [-0.15, -0.1) is 0 Å². The van der Waals surface area contributed by atoms with Crippen molar-refractivity contribution in [3.63, 3.8) is 0 Å². The SMILES string of the molecule is O=S(=O)(Nc1cccc(C#CCO)n1)c1ccn[nH]1. The first-order chi connectivity index (χ1) is 9.12. The molecule has 0 amide bonds. The molecule has 0 unspecified atom stereocenters. The molecule has 2 heterocycles. The van der Waals surface area contributed by atoms with Gasteiger partial charge in [-0.1, -0.05) is 12.0 Å². The number of aliphatic hydroxyl groups is 1. The minimum Gasteiger partial charge on any atom is -0.384 e. The highest BCUT2D eigenvalue weighted by Gasteiger charge is 2.15. The molecule has 0 saturated heterocycles. The summed E-state index contributed by atoms with van der Waals surface area (Å²) in [5, 5.41) is 14.5. The van der Waals surface area contributed by atoms with Crippen LogP contribution in [0.5, 0.6) is 0 Å². The molecule has 8 heteroatoms. The normalized spacial score (nSPS) is 10.6. The van der Waals surface area contributed by atoms with Gasteiger partial charge in [0, 0.05) is 0 Å². The number of rotatable bonds is 3. The lowest BCUT2D eigenvalue weighted by Crippen LogP contribution is -2.14. The summed E-state index contributed by atoms with van der Waals surface area (Å²) >= 11 is 0. The fourth-order valence-electron chi connectivity index (χ4n) is 1.28. The van der Waals surface area contributed by atoms with Crippen LogP contribution in [0, 0.1) is 11.8 Å². The Balaban J connectivity index is 2.25. The first-order valence-electron chi connectivity index (χ1n) is 5.21. The van der Waals surface area contributed by atoms with E-state index in [2.05, 4.69) is 31.7 Å². The molecule has 0 radical (unpaired) electrons. The van der Waals surface area contributed by atoms with Gasteiger partial charge in [0.15, 0.2) is 5.03 Å². The molecule has 2 rings (SSSR count). The van der Waals surface area contributed by atoms with Gasteiger partial charge in [-0.3, -0.25) is 9.82 Å². The van der Waals surface area contributed by atoms with Crippen LogP contribution >= 0.6 is 0 Å². The molecule has 98 valence electrons. The molecule has 7 nitrogen and oxygen atoms in total. The second-order valence-corrected chi connectivity index (χ2v) is 5.05. The Bertz CT molecular complexity index is 714. The maximum absolute atomic E-state index is 11.9. The molecule has 0 aromatic carbocycles. The lowest BCUT2D eigenvalue weighted by molar-refractivity contribution is 0.350. The summed E-state index contributed by atoms with van der Waals surface area (Å²) in [5.74, 6) is 5.16. The molecule has 0 aliphatic heterocycles. The fourth-order valence-corrected chi connectivity index (χ4v) is 2.19. The standard InChI is InChI=1S/C11H10N4O3S/c16-8-2-4-9-3-1-5-10(13-9)15-19(17,18)11-6-7-12-14-11/h1,3,5-7,16H,8H2,(H,12,14)(H,13,15). The third kappa shape index (κ3) is 3.31. The van der Waals surface area contributed by atoms with E-state index in [4.69, 9.17) is 5.11 Å². The van der Waals surface area contributed by atoms with E-state index in [-0.39, 0.29) is 17.5 Å². The van der Waals surface area contributed by atoms with Crippen molar-refractivity contribution in [2.75, 3.05) is 11.3 Å². The monoisotopic (exact) mass is 278 g/mol. The van der Waals surface area contributed by atoms with E-state index < -0.39 is 10.0 Å². The Morgan fingerprint density at radius 1 is 1.37 bits per heavy atom. The first-order valence-corrected chi connectivity index (χ1v) is 6.69. The van der Waals surface area contributed by atoms with Gasteiger partial charge < -0.3 is 5.11 Å². The number of sulfonamides is 1. The zero-order chi connectivity index (χ0) is 13.7. The number of aliphatic hydroxyl groups excluding tert-OH is 1. The molecule has 0 saturated carbocycles. The molecule has 0 atom stereocenters. The van der Waals surface area contributed by atoms with Crippen LogP contribution in [0.15, 0.2) is 35.5 Å². The molecule has 19 heavy (non-hydrogen) atoms. The minimum absolute atomic E-state index is 0.0545. The van der Waals surface area contributed by atoms with Gasteiger partial charge in [-0.2, -0.15) is 13.5 Å². The summed E-state index contributed by atoms with van der Waals surface area (Å²) in [5.41, 5.74) is 0.360. The molecule has 0 bridgehead atoms. The quantitative estimate of drug-likeness (QED) is 0.682. The average Bonchev–Trinajstić information content (AvgIpc) is 2.91. The molecule has 2 aromatic heterocycles. The van der Waals surface area contributed by atoms with Gasteiger partial charge in [-0.05, 0) is 24.1 Å². The largest absolute Gasteiger partial charge is 0.384 e. The van der Waals surface area contributed by atoms with Crippen LogP contribution in [0.1, 0.15) is 5.69 Å². The van der Waals surface area contributed by atoms with E-state index >= 15 is 0 Å². The molecule has 2 aromatic rings. The molecule has 0 fully saturated rings. The van der Waals surface area contributed by atoms with Crippen LogP contribution in [-0.4, -0.2) is 35.3 Å². The number of nitrogens with one attached hydrogen (secondary N) is 2. The van der Waals surface area contributed by atoms with Crippen molar-refractivity contribution in [3.05, 3.63) is 36.2 Å². The Labute approximate surface area is 109 Å². The van der Waals surface area contributed by atoms with Crippen LogP contribution in [0.25, 0.3) is 0 Å². The van der Waals surface area contributed by atoms with Crippen molar-refractivity contribution in [3.8, 4) is 11.8 Å². The van der Waals surface area contributed by atoms with Gasteiger partial charge in [0.1, 0.15) is 18.1 Å². The summed E-state index contributed by atoms with van der Waals surface area (Å²) in [4.78, 5) is 4.00. The van der Waals surface area contributed by atoms with Gasteiger partial charge in [0.2, 0.25) is 0 Å². The number of aromatic amines is 1. The van der Waals surface area contributed by atoms with Crippen molar-refractivity contribution < 1.29 is 13.5 Å². The summed E-state index contributed by atoms with van der Waals surface area (Å²) < 4.78 is 26.1. The van der Waals surface area contributed by atoms with E-state index in [0.29, 0.717) is 5.69 Å². The highest BCUT2D eigenvalue weighted by Crippen LogP contribution is 2.11. The lowest BCUT2D eigenvalue weighted by atomic mass is 10.3. The predicted octanol–water partition coefficient (Wildman–Crippen LogP) is -0.0507. The summed E-state index contributed by atoms with van der Waals surface area (Å²) in [7, 11) is -3.74. The van der Waals surface area contributed by atoms with Crippen LogP contribution in [-0.2, 0) is 10.0 Å². The first kappa shape index (κ1) is 13.1. The Kier molecular flexibility index (Phi) is 3.79. The second-order valence-electron chi connectivity index (χ2n) is 3.39. The smallest absolute Gasteiger partial charge is 0.279 e. The average molecular weight is 278 g/mol. The summed E-state index contributed by atoms with van der Waals surface area (Å²) in [6.45, 7) is -0.286. The zero-order valence-corrected chi connectivity index (χ0v) is 10.5. The van der Waals surface area contributed by atoms with Crippen LogP contribution in [0.3, 0.4) is 0 Å². The van der Waals surface area contributed by atoms with Crippen LogP contribution in [0.2, 0.25) is 0 Å². The highest BCUT2D eigenvalue weighted by molar-refractivity contribution is 7.92. The molecule has 3 N–H and O–H groups in total. The lowest BCUT2D eigenvalue weighted by Gasteiger charge is -2.05. The van der Waals surface area contributed by atoms with Crippen LogP contribution < -0.4 is 4.72 Å². The number of anilines is 1. The van der Waals surface area contributed by atoms with Crippen molar-refractivity contribution in [1.29, 1.82) is 0 Å². The maximum Gasteiger partial charge on any atom is 0.279 e. The summed E-state index contributed by atoms with van der Waals surface area (Å²) in [6.07, 6.45) is 1.34. The van der Waals surface area contributed by atoms with Gasteiger partial charge in [0.25, 0.3) is 10.0 Å². The third-order valence-corrected chi connectivity index (χ3v) is 3.33. The molecular formula is C11H10N4O3S. The van der Waals surface area contributed by atoms with E-state index in [0.717, 1.165) is 0 Å². The Hall–Kier alpha value is -2.37.